The quantitative estimate of drug-likeness (QED) is 0.193. The molecule has 0 atom stereocenters. The van der Waals surface area contributed by atoms with Crippen molar-refractivity contribution in [1.82, 2.24) is 19.5 Å². The summed E-state index contributed by atoms with van der Waals surface area (Å²) in [6.07, 6.45) is 8.33. The van der Waals surface area contributed by atoms with Crippen LogP contribution in [0.5, 0.6) is 0 Å². The molecule has 0 amide bonds. The molecule has 0 saturated heterocycles. The summed E-state index contributed by atoms with van der Waals surface area (Å²) in [5.74, 6) is 2.12. The highest BCUT2D eigenvalue weighted by atomic mass is 15.0. The van der Waals surface area contributed by atoms with E-state index in [0.717, 1.165) is 41.1 Å². The molecule has 238 valence electrons. The van der Waals surface area contributed by atoms with Crippen molar-refractivity contribution in [2.24, 2.45) is 0 Å². The van der Waals surface area contributed by atoms with Gasteiger partial charge in [-0.3, -0.25) is 0 Å². The van der Waals surface area contributed by atoms with Gasteiger partial charge in [0.25, 0.3) is 0 Å². The third kappa shape index (κ3) is 4.54. The van der Waals surface area contributed by atoms with Crippen LogP contribution in [-0.4, -0.2) is 19.5 Å². The van der Waals surface area contributed by atoms with E-state index in [-0.39, 0.29) is 10.8 Å². The van der Waals surface area contributed by atoms with Gasteiger partial charge < -0.3 is 4.57 Å². The van der Waals surface area contributed by atoms with Gasteiger partial charge in [-0.1, -0.05) is 119 Å². The number of hydrogen-bond donors (Lipinski definition) is 0. The van der Waals surface area contributed by atoms with Crippen molar-refractivity contribution >= 4 is 27.4 Å². The van der Waals surface area contributed by atoms with Gasteiger partial charge in [-0.15, -0.1) is 0 Å². The largest absolute Gasteiger partial charge is 0.309 e. The SMILES string of the molecule is CC1(C)c2ccccc2-c2cc3c(cc2C1(C)C)c1ccccc1n3-c1ccc(-c2nc(C3=CC=CCC3)nc(-c3ccccc3)n2)cc1. The number of nitrogens with zero attached hydrogens (tertiary/aromatic N) is 4. The van der Waals surface area contributed by atoms with Gasteiger partial charge in [0.05, 0.1) is 11.0 Å². The van der Waals surface area contributed by atoms with Gasteiger partial charge in [0, 0.05) is 27.6 Å². The fourth-order valence-electron chi connectivity index (χ4n) is 7.88. The van der Waals surface area contributed by atoms with E-state index in [4.69, 9.17) is 15.0 Å². The number of hydrogen-bond acceptors (Lipinski definition) is 3. The van der Waals surface area contributed by atoms with Crippen molar-refractivity contribution in [3.63, 3.8) is 0 Å². The third-order valence-electron chi connectivity index (χ3n) is 11.3. The standard InChI is InChI=1S/C45H38N4/c1-44(2)37-21-13-11-19-33(37)35-28-40-36(27-38(35)45(44,3)4)34-20-12-14-22-39(34)49(40)32-25-23-31(24-26-32)43-47-41(29-15-7-5-8-16-29)46-42(48-43)30-17-9-6-10-18-30/h5-9,11-17,19-28H,10,18H2,1-4H3. The Balaban J connectivity index is 1.21. The minimum atomic E-state index is -0.0539. The lowest BCUT2D eigenvalue weighted by molar-refractivity contribution is 0.299. The van der Waals surface area contributed by atoms with Gasteiger partial charge >= 0.3 is 0 Å². The number of benzene rings is 5. The van der Waals surface area contributed by atoms with Crippen LogP contribution in [0.2, 0.25) is 0 Å². The highest BCUT2D eigenvalue weighted by Gasteiger charge is 2.46. The van der Waals surface area contributed by atoms with E-state index in [2.05, 4.69) is 148 Å². The van der Waals surface area contributed by atoms with Crippen LogP contribution in [0.4, 0.5) is 0 Å². The summed E-state index contributed by atoms with van der Waals surface area (Å²) in [4.78, 5) is 14.9. The fourth-order valence-corrected chi connectivity index (χ4v) is 7.88. The molecule has 2 aliphatic rings. The first-order chi connectivity index (χ1) is 23.8. The summed E-state index contributed by atoms with van der Waals surface area (Å²) in [5, 5.41) is 2.55. The van der Waals surface area contributed by atoms with Crippen molar-refractivity contribution in [2.75, 3.05) is 0 Å². The van der Waals surface area contributed by atoms with Gasteiger partial charge in [0.15, 0.2) is 17.5 Å². The molecule has 0 radical (unpaired) electrons. The maximum absolute atomic E-state index is 5.01. The third-order valence-corrected chi connectivity index (χ3v) is 11.3. The summed E-state index contributed by atoms with van der Waals surface area (Å²) in [6, 6.07) is 41.6. The minimum Gasteiger partial charge on any atom is -0.309 e. The normalized spacial score (nSPS) is 16.0. The number of fused-ring (bicyclic) bond motifs is 6. The summed E-state index contributed by atoms with van der Waals surface area (Å²) in [7, 11) is 0. The monoisotopic (exact) mass is 634 g/mol. The molecule has 2 heterocycles. The Bertz CT molecular complexity index is 2480. The molecule has 5 aromatic carbocycles. The zero-order chi connectivity index (χ0) is 33.3. The van der Waals surface area contributed by atoms with Crippen molar-refractivity contribution < 1.29 is 0 Å². The molecule has 4 nitrogen and oxygen atoms in total. The number of aromatic nitrogens is 4. The molecule has 0 bridgehead atoms. The van der Waals surface area contributed by atoms with E-state index in [1.165, 1.54) is 44.1 Å². The topological polar surface area (TPSA) is 43.6 Å². The number of para-hydroxylation sites is 1. The second kappa shape index (κ2) is 11.0. The Labute approximate surface area is 287 Å². The van der Waals surface area contributed by atoms with Crippen LogP contribution in [0.15, 0.2) is 133 Å². The molecule has 49 heavy (non-hydrogen) atoms. The van der Waals surface area contributed by atoms with E-state index in [1.807, 2.05) is 18.2 Å². The molecule has 2 aliphatic carbocycles. The van der Waals surface area contributed by atoms with E-state index in [1.54, 1.807) is 0 Å². The van der Waals surface area contributed by atoms with Crippen LogP contribution >= 0.6 is 0 Å². The molecule has 0 unspecified atom stereocenters. The van der Waals surface area contributed by atoms with E-state index < -0.39 is 0 Å². The smallest absolute Gasteiger partial charge is 0.164 e. The highest BCUT2D eigenvalue weighted by Crippen LogP contribution is 2.55. The van der Waals surface area contributed by atoms with Gasteiger partial charge in [0.2, 0.25) is 0 Å². The average molecular weight is 635 g/mol. The van der Waals surface area contributed by atoms with Gasteiger partial charge in [-0.2, -0.15) is 0 Å². The first-order valence-corrected chi connectivity index (χ1v) is 17.3. The molecule has 0 N–H and O–H groups in total. The molecule has 4 heteroatoms. The van der Waals surface area contributed by atoms with Gasteiger partial charge in [-0.25, -0.2) is 15.0 Å². The lowest BCUT2D eigenvalue weighted by Crippen LogP contribution is -2.43. The van der Waals surface area contributed by atoms with E-state index in [0.29, 0.717) is 11.6 Å². The maximum atomic E-state index is 5.01. The van der Waals surface area contributed by atoms with Crippen LogP contribution in [0.1, 0.15) is 57.5 Å². The fraction of sp³-hybridized carbons (Fsp3) is 0.178. The molecular formula is C45H38N4. The van der Waals surface area contributed by atoms with Crippen LogP contribution in [0, 0.1) is 0 Å². The summed E-state index contributed by atoms with van der Waals surface area (Å²) >= 11 is 0. The predicted octanol–water partition coefficient (Wildman–Crippen LogP) is 11.3. The Kier molecular flexibility index (Phi) is 6.61. The molecule has 0 fully saturated rings. The highest BCUT2D eigenvalue weighted by molar-refractivity contribution is 6.11. The zero-order valence-corrected chi connectivity index (χ0v) is 28.4. The molecular weight excluding hydrogens is 597 g/mol. The second-order valence-corrected chi connectivity index (χ2v) is 14.4. The van der Waals surface area contributed by atoms with Crippen molar-refractivity contribution in [3.8, 4) is 39.6 Å². The Morgan fingerprint density at radius 1 is 0.551 bits per heavy atom. The average Bonchev–Trinajstić information content (AvgIpc) is 3.48. The molecule has 0 aliphatic heterocycles. The predicted molar refractivity (Wildman–Crippen MR) is 203 cm³/mol. The van der Waals surface area contributed by atoms with Gasteiger partial charge in [-0.05, 0) is 94.0 Å². The first kappa shape index (κ1) is 29.5. The van der Waals surface area contributed by atoms with Crippen molar-refractivity contribution in [3.05, 3.63) is 150 Å². The first-order valence-electron chi connectivity index (χ1n) is 17.3. The summed E-state index contributed by atoms with van der Waals surface area (Å²) in [6.45, 7) is 9.60. The zero-order valence-electron chi connectivity index (χ0n) is 28.4. The van der Waals surface area contributed by atoms with E-state index in [9.17, 15) is 0 Å². The Morgan fingerprint density at radius 3 is 1.96 bits per heavy atom. The van der Waals surface area contributed by atoms with Crippen LogP contribution < -0.4 is 0 Å². The van der Waals surface area contributed by atoms with Crippen LogP contribution in [-0.2, 0) is 10.8 Å². The molecule has 0 saturated carbocycles. The van der Waals surface area contributed by atoms with Crippen molar-refractivity contribution in [2.45, 2.75) is 51.4 Å². The summed E-state index contributed by atoms with van der Waals surface area (Å²) in [5.41, 5.74) is 12.0. The van der Waals surface area contributed by atoms with Crippen molar-refractivity contribution in [1.29, 1.82) is 0 Å². The Morgan fingerprint density at radius 2 is 1.20 bits per heavy atom. The molecule has 7 aromatic rings. The van der Waals surface area contributed by atoms with E-state index >= 15 is 0 Å². The number of rotatable bonds is 4. The lowest BCUT2D eigenvalue weighted by atomic mass is 9.55. The summed E-state index contributed by atoms with van der Waals surface area (Å²) < 4.78 is 2.41. The number of allylic oxidation sites excluding steroid dienone is 4. The lowest BCUT2D eigenvalue weighted by Gasteiger charge is -2.48. The Hall–Kier alpha value is -5.61. The second-order valence-electron chi connectivity index (χ2n) is 14.4. The van der Waals surface area contributed by atoms with Crippen LogP contribution in [0.25, 0.3) is 67.0 Å². The minimum absolute atomic E-state index is 0.0159. The molecule has 9 rings (SSSR count). The molecule has 2 aromatic heterocycles. The molecule has 0 spiro atoms. The maximum Gasteiger partial charge on any atom is 0.164 e. The van der Waals surface area contributed by atoms with Gasteiger partial charge in [0.1, 0.15) is 0 Å². The van der Waals surface area contributed by atoms with Crippen LogP contribution in [0.3, 0.4) is 0 Å².